The van der Waals surface area contributed by atoms with Crippen LogP contribution in [-0.4, -0.2) is 120 Å². The maximum absolute atomic E-state index is 14.1. The molecule has 6 rings (SSSR count). The van der Waals surface area contributed by atoms with Crippen molar-refractivity contribution in [3.05, 3.63) is 36.5 Å². The van der Waals surface area contributed by atoms with E-state index in [-0.39, 0.29) is 30.2 Å². The highest BCUT2D eigenvalue weighted by Gasteiger charge is 2.48. The Kier molecular flexibility index (Phi) is 10.8. The van der Waals surface area contributed by atoms with E-state index >= 15 is 0 Å². The van der Waals surface area contributed by atoms with Gasteiger partial charge < -0.3 is 30.1 Å². The number of fused-ring (bicyclic) bond motifs is 1. The number of hydrogen-bond acceptors (Lipinski definition) is 9. The number of nitrogens with one attached hydrogen (secondary N) is 2. The van der Waals surface area contributed by atoms with Crippen LogP contribution >= 0.6 is 0 Å². The van der Waals surface area contributed by atoms with Crippen LogP contribution in [0, 0.1) is 0 Å². The molecule has 3 fully saturated rings. The van der Waals surface area contributed by atoms with Crippen molar-refractivity contribution in [2.24, 2.45) is 0 Å². The number of anilines is 5. The summed E-state index contributed by atoms with van der Waals surface area (Å²) in [4.78, 5) is 44.1. The van der Waals surface area contributed by atoms with Gasteiger partial charge >= 0.3 is 12.2 Å². The van der Waals surface area contributed by atoms with Crippen LogP contribution in [0.3, 0.4) is 0 Å². The maximum atomic E-state index is 14.1. The Labute approximate surface area is 300 Å². The molecular formula is C35H46F5N9O3. The largest absolute Gasteiger partial charge is 0.494 e. The van der Waals surface area contributed by atoms with Crippen molar-refractivity contribution >= 4 is 40.8 Å². The zero-order valence-electron chi connectivity index (χ0n) is 29.7. The molecule has 1 aromatic carbocycles. The highest BCUT2D eigenvalue weighted by atomic mass is 19.4. The molecule has 4 heterocycles. The molecule has 17 heteroatoms. The zero-order chi connectivity index (χ0) is 37.4. The lowest BCUT2D eigenvalue weighted by atomic mass is 9.90. The summed E-state index contributed by atoms with van der Waals surface area (Å²) in [5.74, 6) is -2.89. The smallest absolute Gasteiger partial charge is 0.408 e. The Morgan fingerprint density at radius 1 is 1.04 bits per heavy atom. The van der Waals surface area contributed by atoms with E-state index in [1.54, 1.807) is 12.1 Å². The van der Waals surface area contributed by atoms with Crippen LogP contribution in [-0.2, 0) is 11.3 Å². The number of nitrogens with zero attached hydrogens (tertiary/aromatic N) is 7. The number of likely N-dealkylation sites (tertiary alicyclic amines) is 1. The minimum absolute atomic E-state index is 0.00574. The van der Waals surface area contributed by atoms with Crippen molar-refractivity contribution < 1.29 is 36.3 Å². The number of hydrogen-bond donors (Lipinski definition) is 2. The molecule has 0 radical (unpaired) electrons. The molecule has 2 N–H and O–H groups in total. The molecule has 1 atom stereocenters. The van der Waals surface area contributed by atoms with Gasteiger partial charge in [-0.1, -0.05) is 6.58 Å². The molecule has 2 aromatic rings. The van der Waals surface area contributed by atoms with Gasteiger partial charge in [0.05, 0.1) is 30.7 Å². The molecule has 0 unspecified atom stereocenters. The van der Waals surface area contributed by atoms with Crippen LogP contribution in [0.15, 0.2) is 31.0 Å². The number of carbonyl (C=O) groups is 2. The molecule has 1 saturated carbocycles. The van der Waals surface area contributed by atoms with Crippen molar-refractivity contribution in [3.63, 3.8) is 0 Å². The topological polar surface area (TPSA) is 109 Å². The maximum Gasteiger partial charge on any atom is 0.408 e. The fourth-order valence-corrected chi connectivity index (χ4v) is 7.54. The van der Waals surface area contributed by atoms with Gasteiger partial charge in [0.25, 0.3) is 0 Å². The first kappa shape index (κ1) is 37.5. The molecule has 284 valence electrons. The summed E-state index contributed by atoms with van der Waals surface area (Å²) in [6.07, 6.45) is -1.16. The Morgan fingerprint density at radius 3 is 2.33 bits per heavy atom. The van der Waals surface area contributed by atoms with Crippen molar-refractivity contribution in [2.45, 2.75) is 82.2 Å². The number of urea groups is 1. The number of benzene rings is 1. The molecule has 12 nitrogen and oxygen atoms in total. The Balaban J connectivity index is 1.29. The van der Waals surface area contributed by atoms with Gasteiger partial charge in [-0.3, -0.25) is 14.6 Å². The third kappa shape index (κ3) is 8.04. The van der Waals surface area contributed by atoms with Crippen LogP contribution in [0.5, 0.6) is 5.75 Å². The highest BCUT2D eigenvalue weighted by Crippen LogP contribution is 2.42. The number of methoxy groups -OCH3 is 1. The summed E-state index contributed by atoms with van der Waals surface area (Å²) in [7, 11) is 3.64. The predicted octanol–water partition coefficient (Wildman–Crippen LogP) is 5.84. The van der Waals surface area contributed by atoms with E-state index in [0.717, 1.165) is 69.6 Å². The molecule has 2 saturated heterocycles. The van der Waals surface area contributed by atoms with Gasteiger partial charge in [-0.15, -0.1) is 0 Å². The molecular weight excluding hydrogens is 689 g/mol. The van der Waals surface area contributed by atoms with Gasteiger partial charge in [0.15, 0.2) is 0 Å². The van der Waals surface area contributed by atoms with Gasteiger partial charge in [-0.05, 0) is 64.9 Å². The van der Waals surface area contributed by atoms with Crippen molar-refractivity contribution in [3.8, 4) is 5.75 Å². The van der Waals surface area contributed by atoms with E-state index in [1.807, 2.05) is 0 Å². The van der Waals surface area contributed by atoms with Gasteiger partial charge in [0.2, 0.25) is 17.8 Å². The van der Waals surface area contributed by atoms with E-state index in [9.17, 15) is 31.5 Å². The van der Waals surface area contributed by atoms with Crippen LogP contribution < -0.4 is 25.2 Å². The second-order valence-electron chi connectivity index (χ2n) is 14.1. The number of halogens is 5. The standard InChI is InChI=1S/C35H46F5N9O3/c1-5-30(50)42-26-18-27(29(52-4)19-28(26)47-16-14-46(15-17-47)24-8-12-45(3)13-9-24)43-32-41-20-23-21-48(22(2)35(38,39)40)33(51)49(31(23)44-32)25-6-10-34(36,37)11-7-25/h5,18-20,22,24-25H,1,6-17,21H2,2-4H3,(H,42,50)(H,41,43,44)/t22-/m0/s1. The molecule has 1 aliphatic carbocycles. The first-order valence-electron chi connectivity index (χ1n) is 17.7. The first-order valence-corrected chi connectivity index (χ1v) is 17.7. The van der Waals surface area contributed by atoms with Gasteiger partial charge in [0.1, 0.15) is 17.6 Å². The lowest BCUT2D eigenvalue weighted by Gasteiger charge is -2.44. The van der Waals surface area contributed by atoms with Crippen LogP contribution in [0.25, 0.3) is 0 Å². The Bertz CT molecular complexity index is 1630. The Hall–Kier alpha value is -4.25. The molecule has 3 aliphatic heterocycles. The summed E-state index contributed by atoms with van der Waals surface area (Å²) in [5.41, 5.74) is 1.85. The van der Waals surface area contributed by atoms with Crippen molar-refractivity contribution in [1.29, 1.82) is 0 Å². The SMILES string of the molecule is C=CC(=O)Nc1cc(Nc2ncc3c(n2)N(C2CCC(F)(F)CC2)C(=O)N([C@@H](C)C(F)(F)F)C3)c(OC)cc1N1CCN(C2CCN(C)CC2)CC1. The highest BCUT2D eigenvalue weighted by molar-refractivity contribution is 6.02. The summed E-state index contributed by atoms with van der Waals surface area (Å²) in [6.45, 7) is 9.40. The number of carbonyl (C=O) groups excluding carboxylic acids is 2. The minimum Gasteiger partial charge on any atom is -0.494 e. The van der Waals surface area contributed by atoms with Gasteiger partial charge in [0, 0.05) is 68.9 Å². The van der Waals surface area contributed by atoms with Gasteiger partial charge in [-0.2, -0.15) is 18.2 Å². The van der Waals surface area contributed by atoms with E-state index in [4.69, 9.17) is 4.74 Å². The normalized spacial score (nSPS) is 21.5. The number of alkyl halides is 5. The number of piperidine rings is 1. The average molecular weight is 736 g/mol. The average Bonchev–Trinajstić information content (AvgIpc) is 3.11. The fourth-order valence-electron chi connectivity index (χ4n) is 7.54. The second-order valence-corrected chi connectivity index (χ2v) is 14.1. The number of amides is 3. The number of rotatable bonds is 9. The van der Waals surface area contributed by atoms with Gasteiger partial charge in [-0.25, -0.2) is 18.6 Å². The number of aromatic nitrogens is 2. The second kappa shape index (κ2) is 15.0. The van der Waals surface area contributed by atoms with Crippen molar-refractivity contribution in [1.82, 2.24) is 24.7 Å². The van der Waals surface area contributed by atoms with E-state index in [2.05, 4.69) is 48.9 Å². The molecule has 0 bridgehead atoms. The molecule has 52 heavy (non-hydrogen) atoms. The number of ether oxygens (including phenoxy) is 1. The third-order valence-corrected chi connectivity index (χ3v) is 10.7. The fraction of sp³-hybridized carbons (Fsp3) is 0.600. The Morgan fingerprint density at radius 2 is 1.71 bits per heavy atom. The monoisotopic (exact) mass is 735 g/mol. The van der Waals surface area contributed by atoms with E-state index in [0.29, 0.717) is 28.1 Å². The predicted molar refractivity (Wildman–Crippen MR) is 188 cm³/mol. The minimum atomic E-state index is -4.71. The summed E-state index contributed by atoms with van der Waals surface area (Å²) >= 11 is 0. The molecule has 1 aromatic heterocycles. The zero-order valence-corrected chi connectivity index (χ0v) is 29.7. The summed E-state index contributed by atoms with van der Waals surface area (Å²) in [5, 5.41) is 5.98. The van der Waals surface area contributed by atoms with E-state index in [1.165, 1.54) is 19.4 Å². The molecule has 0 spiro atoms. The third-order valence-electron chi connectivity index (χ3n) is 10.7. The van der Waals surface area contributed by atoms with E-state index < -0.39 is 55.5 Å². The molecule has 4 aliphatic rings. The number of piperazine rings is 1. The molecule has 3 amide bonds. The lowest BCUT2D eigenvalue weighted by Crippen LogP contribution is -2.58. The summed E-state index contributed by atoms with van der Waals surface area (Å²) < 4.78 is 75.4. The first-order chi connectivity index (χ1) is 24.7. The van der Waals surface area contributed by atoms with Crippen LogP contribution in [0.4, 0.5) is 55.6 Å². The lowest BCUT2D eigenvalue weighted by molar-refractivity contribution is -0.172. The quantitative estimate of drug-likeness (QED) is 0.243. The van der Waals surface area contributed by atoms with Crippen LogP contribution in [0.2, 0.25) is 0 Å². The van der Waals surface area contributed by atoms with Crippen LogP contribution in [0.1, 0.15) is 51.0 Å². The summed E-state index contributed by atoms with van der Waals surface area (Å²) in [6, 6.07) is 0.163. The van der Waals surface area contributed by atoms with Crippen molar-refractivity contribution in [2.75, 3.05) is 73.9 Å².